The van der Waals surface area contributed by atoms with Crippen molar-refractivity contribution in [2.24, 2.45) is 5.10 Å². The Bertz CT molecular complexity index is 568. The molecule has 0 aliphatic rings. The van der Waals surface area contributed by atoms with Gasteiger partial charge in [-0.3, -0.25) is 5.43 Å². The van der Waals surface area contributed by atoms with Crippen LogP contribution in [-0.4, -0.2) is 6.21 Å². The van der Waals surface area contributed by atoms with Crippen molar-refractivity contribution in [3.63, 3.8) is 0 Å². The molecule has 0 fully saturated rings. The molecule has 0 unspecified atom stereocenters. The SMILES string of the molecule is Fc1ccc(N/N=C\c2cc(Br)ccc2F)cc1. The number of nitrogens with one attached hydrogen (secondary N) is 1. The van der Waals surface area contributed by atoms with E-state index in [1.807, 2.05) is 0 Å². The van der Waals surface area contributed by atoms with Crippen LogP contribution in [-0.2, 0) is 0 Å². The van der Waals surface area contributed by atoms with Crippen LogP contribution in [0.5, 0.6) is 0 Å². The first-order valence-electron chi connectivity index (χ1n) is 5.15. The molecule has 0 bridgehead atoms. The number of rotatable bonds is 3. The van der Waals surface area contributed by atoms with Gasteiger partial charge in [0.05, 0.1) is 11.9 Å². The maximum Gasteiger partial charge on any atom is 0.132 e. The van der Waals surface area contributed by atoms with Gasteiger partial charge in [-0.05, 0) is 42.5 Å². The van der Waals surface area contributed by atoms with E-state index < -0.39 is 0 Å². The third kappa shape index (κ3) is 3.37. The van der Waals surface area contributed by atoms with Crippen LogP contribution in [0.4, 0.5) is 14.5 Å². The molecule has 18 heavy (non-hydrogen) atoms. The van der Waals surface area contributed by atoms with Crippen LogP contribution < -0.4 is 5.43 Å². The third-order valence-corrected chi connectivity index (χ3v) is 2.69. The van der Waals surface area contributed by atoms with Gasteiger partial charge < -0.3 is 0 Å². The monoisotopic (exact) mass is 310 g/mol. The molecule has 92 valence electrons. The summed E-state index contributed by atoms with van der Waals surface area (Å²) in [6.07, 6.45) is 1.36. The van der Waals surface area contributed by atoms with Gasteiger partial charge in [-0.15, -0.1) is 0 Å². The highest BCUT2D eigenvalue weighted by atomic mass is 79.9. The first kappa shape index (κ1) is 12.7. The number of hydrogen-bond acceptors (Lipinski definition) is 2. The summed E-state index contributed by atoms with van der Waals surface area (Å²) in [5.74, 6) is -0.676. The van der Waals surface area contributed by atoms with Gasteiger partial charge in [0.1, 0.15) is 11.6 Å². The van der Waals surface area contributed by atoms with Crippen LogP contribution in [0.25, 0.3) is 0 Å². The van der Waals surface area contributed by atoms with E-state index in [1.165, 1.54) is 24.4 Å². The van der Waals surface area contributed by atoms with E-state index in [-0.39, 0.29) is 11.6 Å². The van der Waals surface area contributed by atoms with Crippen LogP contribution in [0.1, 0.15) is 5.56 Å². The second-order valence-corrected chi connectivity index (χ2v) is 4.46. The maximum absolute atomic E-state index is 13.4. The van der Waals surface area contributed by atoms with Crippen molar-refractivity contribution in [1.29, 1.82) is 0 Å². The van der Waals surface area contributed by atoms with E-state index in [4.69, 9.17) is 0 Å². The third-order valence-electron chi connectivity index (χ3n) is 2.20. The fraction of sp³-hybridized carbons (Fsp3) is 0. The van der Waals surface area contributed by atoms with Gasteiger partial charge in [0.2, 0.25) is 0 Å². The number of anilines is 1. The standard InChI is InChI=1S/C13H9BrF2N2/c14-10-1-6-13(16)9(7-10)8-17-18-12-4-2-11(15)3-5-12/h1-8,18H/b17-8-. The molecule has 0 saturated carbocycles. The van der Waals surface area contributed by atoms with E-state index >= 15 is 0 Å². The van der Waals surface area contributed by atoms with Gasteiger partial charge in [-0.25, -0.2) is 8.78 Å². The molecule has 0 aliphatic carbocycles. The lowest BCUT2D eigenvalue weighted by molar-refractivity contribution is 0.625. The molecule has 0 saturated heterocycles. The summed E-state index contributed by atoms with van der Waals surface area (Å²) in [6, 6.07) is 10.3. The van der Waals surface area contributed by atoms with Gasteiger partial charge in [0.15, 0.2) is 0 Å². The van der Waals surface area contributed by atoms with Crippen molar-refractivity contribution >= 4 is 27.8 Å². The van der Waals surface area contributed by atoms with Gasteiger partial charge in [-0.1, -0.05) is 15.9 Å². The number of benzene rings is 2. The molecule has 0 radical (unpaired) electrons. The lowest BCUT2D eigenvalue weighted by Gasteiger charge is -2.00. The van der Waals surface area contributed by atoms with Gasteiger partial charge >= 0.3 is 0 Å². The average Bonchev–Trinajstić information content (AvgIpc) is 2.36. The van der Waals surface area contributed by atoms with Gasteiger partial charge in [-0.2, -0.15) is 5.10 Å². The normalized spacial score (nSPS) is 10.8. The zero-order valence-electron chi connectivity index (χ0n) is 9.20. The van der Waals surface area contributed by atoms with Crippen LogP contribution in [0.15, 0.2) is 52.0 Å². The second kappa shape index (κ2) is 5.73. The molecule has 0 amide bonds. The lowest BCUT2D eigenvalue weighted by atomic mass is 10.2. The summed E-state index contributed by atoms with van der Waals surface area (Å²) in [7, 11) is 0. The Kier molecular flexibility index (Phi) is 4.04. The zero-order chi connectivity index (χ0) is 13.0. The zero-order valence-corrected chi connectivity index (χ0v) is 10.8. The summed E-state index contributed by atoms with van der Waals surface area (Å²) >= 11 is 3.25. The van der Waals surface area contributed by atoms with Crippen LogP contribution in [0.3, 0.4) is 0 Å². The minimum absolute atomic E-state index is 0.317. The number of hydrogen-bond donors (Lipinski definition) is 1. The minimum Gasteiger partial charge on any atom is -0.278 e. The van der Waals surface area contributed by atoms with E-state index in [2.05, 4.69) is 26.5 Å². The molecule has 0 atom stereocenters. The van der Waals surface area contributed by atoms with Gasteiger partial charge in [0, 0.05) is 10.0 Å². The molecule has 2 aromatic carbocycles. The second-order valence-electron chi connectivity index (χ2n) is 3.54. The molecule has 0 aliphatic heterocycles. The quantitative estimate of drug-likeness (QED) is 0.667. The number of hydrazone groups is 1. The van der Waals surface area contributed by atoms with Crippen LogP contribution in [0, 0.1) is 11.6 Å². The molecule has 1 N–H and O–H groups in total. The first-order chi connectivity index (χ1) is 8.65. The van der Waals surface area contributed by atoms with Crippen molar-refractivity contribution in [3.05, 3.63) is 64.1 Å². The van der Waals surface area contributed by atoms with Crippen molar-refractivity contribution in [3.8, 4) is 0 Å². The number of nitrogens with zero attached hydrogens (tertiary/aromatic N) is 1. The van der Waals surface area contributed by atoms with Gasteiger partial charge in [0.25, 0.3) is 0 Å². The van der Waals surface area contributed by atoms with Crippen molar-refractivity contribution in [1.82, 2.24) is 0 Å². The Hall–Kier alpha value is -1.75. The van der Waals surface area contributed by atoms with Crippen LogP contribution >= 0.6 is 15.9 Å². The smallest absolute Gasteiger partial charge is 0.132 e. The van der Waals surface area contributed by atoms with E-state index in [1.54, 1.807) is 24.3 Å². The van der Waals surface area contributed by atoms with Crippen LogP contribution in [0.2, 0.25) is 0 Å². The summed E-state index contributed by atoms with van der Waals surface area (Å²) < 4.78 is 26.8. The predicted molar refractivity (Wildman–Crippen MR) is 71.7 cm³/mol. The van der Waals surface area contributed by atoms with Crippen molar-refractivity contribution < 1.29 is 8.78 Å². The predicted octanol–water partition coefficient (Wildman–Crippen LogP) is 4.17. The van der Waals surface area contributed by atoms with E-state index in [0.717, 1.165) is 4.47 Å². The topological polar surface area (TPSA) is 24.4 Å². The fourth-order valence-corrected chi connectivity index (χ4v) is 1.69. The Morgan fingerprint density at radius 3 is 2.50 bits per heavy atom. The summed E-state index contributed by atoms with van der Waals surface area (Å²) in [5.41, 5.74) is 3.68. The molecular formula is C13H9BrF2N2. The number of halogens is 3. The summed E-state index contributed by atoms with van der Waals surface area (Å²) in [5, 5.41) is 3.89. The molecule has 2 rings (SSSR count). The fourth-order valence-electron chi connectivity index (χ4n) is 1.31. The lowest BCUT2D eigenvalue weighted by Crippen LogP contribution is -1.93. The van der Waals surface area contributed by atoms with Crippen molar-refractivity contribution in [2.45, 2.75) is 0 Å². The molecule has 5 heteroatoms. The van der Waals surface area contributed by atoms with E-state index in [0.29, 0.717) is 11.3 Å². The highest BCUT2D eigenvalue weighted by Gasteiger charge is 1.99. The largest absolute Gasteiger partial charge is 0.278 e. The first-order valence-corrected chi connectivity index (χ1v) is 5.94. The van der Waals surface area contributed by atoms with Crippen molar-refractivity contribution in [2.75, 3.05) is 5.43 Å². The Morgan fingerprint density at radius 2 is 1.78 bits per heavy atom. The Morgan fingerprint density at radius 1 is 1.06 bits per heavy atom. The highest BCUT2D eigenvalue weighted by Crippen LogP contribution is 2.14. The average molecular weight is 311 g/mol. The molecule has 0 spiro atoms. The highest BCUT2D eigenvalue weighted by molar-refractivity contribution is 9.10. The Balaban J connectivity index is 2.07. The Labute approximate surface area is 111 Å². The molecule has 2 aromatic rings. The molecular weight excluding hydrogens is 302 g/mol. The summed E-state index contributed by atoms with van der Waals surface area (Å²) in [6.45, 7) is 0. The molecule has 2 nitrogen and oxygen atoms in total. The molecule has 0 aromatic heterocycles. The summed E-state index contributed by atoms with van der Waals surface area (Å²) in [4.78, 5) is 0. The minimum atomic E-state index is -0.358. The molecule has 0 heterocycles. The van der Waals surface area contributed by atoms with E-state index in [9.17, 15) is 8.78 Å². The maximum atomic E-state index is 13.4.